The van der Waals surface area contributed by atoms with Crippen molar-refractivity contribution in [2.45, 2.75) is 6.42 Å². The molecule has 0 aliphatic carbocycles. The van der Waals surface area contributed by atoms with Crippen LogP contribution in [0.25, 0.3) is 0 Å². The summed E-state index contributed by atoms with van der Waals surface area (Å²) in [6.45, 7) is 0. The summed E-state index contributed by atoms with van der Waals surface area (Å²) in [5.41, 5.74) is 6.09. The van der Waals surface area contributed by atoms with Gasteiger partial charge in [0, 0.05) is 11.3 Å². The first kappa shape index (κ1) is 9.61. The van der Waals surface area contributed by atoms with Crippen LogP contribution >= 0.6 is 27.3 Å². The summed E-state index contributed by atoms with van der Waals surface area (Å²) >= 11 is 5.11. The van der Waals surface area contributed by atoms with Crippen LogP contribution in [0.4, 0.5) is 5.69 Å². The first-order valence-electron chi connectivity index (χ1n) is 4.04. The highest BCUT2D eigenvalue weighted by molar-refractivity contribution is 9.11. The van der Waals surface area contributed by atoms with E-state index in [2.05, 4.69) is 32.0 Å². The average Bonchev–Trinajstić information content (AvgIpc) is 2.56. The molecule has 0 saturated carbocycles. The molecule has 0 aliphatic heterocycles. The van der Waals surface area contributed by atoms with Crippen molar-refractivity contribution in [2.75, 3.05) is 5.73 Å². The fraction of sp³-hybridized carbons (Fsp3) is 0.111. The van der Waals surface area contributed by atoms with E-state index in [0.29, 0.717) is 5.69 Å². The summed E-state index contributed by atoms with van der Waals surface area (Å²) in [7, 11) is 0. The number of nitrogens with zero attached hydrogens (tertiary/aromatic N) is 2. The number of thiophene rings is 1. The van der Waals surface area contributed by atoms with Gasteiger partial charge in [0.15, 0.2) is 0 Å². The molecule has 5 heteroatoms. The van der Waals surface area contributed by atoms with E-state index in [1.54, 1.807) is 23.7 Å². The van der Waals surface area contributed by atoms with Gasteiger partial charge in [-0.05, 0) is 28.1 Å². The van der Waals surface area contributed by atoms with Crippen molar-refractivity contribution in [3.05, 3.63) is 39.0 Å². The van der Waals surface area contributed by atoms with Gasteiger partial charge in [0.1, 0.15) is 5.82 Å². The average molecular weight is 270 g/mol. The molecule has 14 heavy (non-hydrogen) atoms. The van der Waals surface area contributed by atoms with E-state index < -0.39 is 0 Å². The summed E-state index contributed by atoms with van der Waals surface area (Å²) in [5.74, 6) is 0.800. The van der Waals surface area contributed by atoms with Crippen molar-refractivity contribution in [3.8, 4) is 0 Å². The Morgan fingerprint density at radius 1 is 1.29 bits per heavy atom. The van der Waals surface area contributed by atoms with E-state index >= 15 is 0 Å². The lowest BCUT2D eigenvalue weighted by Gasteiger charge is -1.96. The predicted octanol–water partition coefficient (Wildman–Crippen LogP) is 2.47. The third-order valence-corrected chi connectivity index (χ3v) is 3.31. The maximum atomic E-state index is 5.49. The van der Waals surface area contributed by atoms with E-state index in [-0.39, 0.29) is 0 Å². The third kappa shape index (κ3) is 2.30. The highest BCUT2D eigenvalue weighted by atomic mass is 79.9. The summed E-state index contributed by atoms with van der Waals surface area (Å²) in [6.07, 6.45) is 4.02. The molecule has 0 aromatic carbocycles. The van der Waals surface area contributed by atoms with Gasteiger partial charge in [0.25, 0.3) is 0 Å². The fourth-order valence-electron chi connectivity index (χ4n) is 1.06. The number of anilines is 1. The Balaban J connectivity index is 2.15. The van der Waals surface area contributed by atoms with Gasteiger partial charge in [-0.15, -0.1) is 11.3 Å². The van der Waals surface area contributed by atoms with Gasteiger partial charge in [0.2, 0.25) is 0 Å². The normalized spacial score (nSPS) is 10.4. The van der Waals surface area contributed by atoms with Gasteiger partial charge in [-0.1, -0.05) is 0 Å². The maximum Gasteiger partial charge on any atom is 0.133 e. The van der Waals surface area contributed by atoms with Crippen LogP contribution in [0.3, 0.4) is 0 Å². The Hall–Kier alpha value is -0.940. The molecule has 0 aliphatic rings. The summed E-state index contributed by atoms with van der Waals surface area (Å²) < 4.78 is 1.13. The van der Waals surface area contributed by atoms with Crippen LogP contribution in [-0.4, -0.2) is 9.97 Å². The van der Waals surface area contributed by atoms with Crippen molar-refractivity contribution in [2.24, 2.45) is 0 Å². The summed E-state index contributed by atoms with van der Waals surface area (Å²) in [6, 6.07) is 4.09. The molecule has 0 atom stereocenters. The fourth-order valence-corrected chi connectivity index (χ4v) is 2.54. The molecule has 0 saturated heterocycles. The van der Waals surface area contributed by atoms with E-state index in [9.17, 15) is 0 Å². The molecular weight excluding hydrogens is 262 g/mol. The van der Waals surface area contributed by atoms with Crippen molar-refractivity contribution >= 4 is 33.0 Å². The lowest BCUT2D eigenvalue weighted by Crippen LogP contribution is -1.96. The van der Waals surface area contributed by atoms with Gasteiger partial charge in [-0.2, -0.15) is 0 Å². The van der Waals surface area contributed by atoms with Gasteiger partial charge in [0.05, 0.1) is 21.9 Å². The molecule has 2 heterocycles. The highest BCUT2D eigenvalue weighted by Gasteiger charge is 2.01. The Labute approximate surface area is 94.1 Å². The Bertz CT molecular complexity index is 424. The van der Waals surface area contributed by atoms with Gasteiger partial charge >= 0.3 is 0 Å². The molecule has 0 amide bonds. The predicted molar refractivity (Wildman–Crippen MR) is 61.3 cm³/mol. The molecule has 0 fully saturated rings. The minimum atomic E-state index is 0.598. The third-order valence-electron chi connectivity index (χ3n) is 1.69. The van der Waals surface area contributed by atoms with Crippen LogP contribution in [0.2, 0.25) is 0 Å². The van der Waals surface area contributed by atoms with Crippen LogP contribution in [0.1, 0.15) is 10.7 Å². The van der Waals surface area contributed by atoms with Crippen molar-refractivity contribution in [1.82, 2.24) is 9.97 Å². The number of rotatable bonds is 2. The standard InChI is InChI=1S/C9H8BrN3S/c10-8-2-1-7(14-8)3-9-12-4-6(11)5-13-9/h1-2,4-5H,3,11H2. The van der Waals surface area contributed by atoms with E-state index in [4.69, 9.17) is 5.73 Å². The lowest BCUT2D eigenvalue weighted by molar-refractivity contribution is 0.983. The molecule has 2 aromatic heterocycles. The van der Waals surface area contributed by atoms with E-state index in [1.165, 1.54) is 4.88 Å². The van der Waals surface area contributed by atoms with Gasteiger partial charge < -0.3 is 5.73 Å². The van der Waals surface area contributed by atoms with Crippen molar-refractivity contribution in [3.63, 3.8) is 0 Å². The number of nitrogens with two attached hydrogens (primary N) is 1. The topological polar surface area (TPSA) is 51.8 Å². The zero-order chi connectivity index (χ0) is 9.97. The second-order valence-corrected chi connectivity index (χ2v) is 5.36. The number of halogens is 1. The number of aromatic nitrogens is 2. The van der Waals surface area contributed by atoms with Crippen molar-refractivity contribution < 1.29 is 0 Å². The minimum absolute atomic E-state index is 0.598. The molecular formula is C9H8BrN3S. The molecule has 2 aromatic rings. The van der Waals surface area contributed by atoms with Crippen LogP contribution in [0, 0.1) is 0 Å². The SMILES string of the molecule is Nc1cnc(Cc2ccc(Br)s2)nc1. The van der Waals surface area contributed by atoms with E-state index in [0.717, 1.165) is 16.0 Å². The molecule has 0 spiro atoms. The molecule has 0 unspecified atom stereocenters. The number of nitrogen functional groups attached to an aromatic ring is 1. The smallest absolute Gasteiger partial charge is 0.133 e. The van der Waals surface area contributed by atoms with Crippen LogP contribution in [-0.2, 0) is 6.42 Å². The van der Waals surface area contributed by atoms with Gasteiger partial charge in [-0.3, -0.25) is 0 Å². The summed E-state index contributed by atoms with van der Waals surface area (Å²) in [5, 5.41) is 0. The quantitative estimate of drug-likeness (QED) is 0.912. The number of hydrogen-bond donors (Lipinski definition) is 1. The monoisotopic (exact) mass is 269 g/mol. The van der Waals surface area contributed by atoms with Crippen LogP contribution in [0.15, 0.2) is 28.3 Å². The molecule has 0 bridgehead atoms. The Morgan fingerprint density at radius 3 is 2.57 bits per heavy atom. The van der Waals surface area contributed by atoms with Crippen LogP contribution in [0.5, 0.6) is 0 Å². The summed E-state index contributed by atoms with van der Waals surface area (Å²) in [4.78, 5) is 9.51. The minimum Gasteiger partial charge on any atom is -0.396 e. The zero-order valence-electron chi connectivity index (χ0n) is 7.27. The molecule has 72 valence electrons. The first-order valence-corrected chi connectivity index (χ1v) is 5.65. The molecule has 0 radical (unpaired) electrons. The second-order valence-electron chi connectivity index (χ2n) is 2.82. The Kier molecular flexibility index (Phi) is 2.79. The van der Waals surface area contributed by atoms with Crippen molar-refractivity contribution in [1.29, 1.82) is 0 Å². The Morgan fingerprint density at radius 2 is 2.00 bits per heavy atom. The number of hydrogen-bond acceptors (Lipinski definition) is 4. The molecule has 2 rings (SSSR count). The van der Waals surface area contributed by atoms with Crippen LogP contribution < -0.4 is 5.73 Å². The van der Waals surface area contributed by atoms with E-state index in [1.807, 2.05) is 6.07 Å². The maximum absolute atomic E-state index is 5.49. The first-order chi connectivity index (χ1) is 6.74. The largest absolute Gasteiger partial charge is 0.396 e. The second kappa shape index (κ2) is 4.06. The lowest BCUT2D eigenvalue weighted by atomic mass is 10.3. The zero-order valence-corrected chi connectivity index (χ0v) is 9.68. The molecule has 2 N–H and O–H groups in total. The highest BCUT2D eigenvalue weighted by Crippen LogP contribution is 2.23. The molecule has 3 nitrogen and oxygen atoms in total. The van der Waals surface area contributed by atoms with Gasteiger partial charge in [-0.25, -0.2) is 9.97 Å².